The molecule has 41 heavy (non-hydrogen) atoms. The van der Waals surface area contributed by atoms with Gasteiger partial charge in [-0.2, -0.15) is 0 Å². The molecule has 1 N–H and O–H groups in total. The number of fused-ring (bicyclic) bond motifs is 3. The molecule has 1 aliphatic carbocycles. The van der Waals surface area contributed by atoms with Crippen LogP contribution in [0.25, 0.3) is 11.6 Å². The van der Waals surface area contributed by atoms with E-state index in [1.165, 1.54) is 18.2 Å². The molecule has 0 unspecified atom stereocenters. The molecule has 4 heterocycles. The van der Waals surface area contributed by atoms with E-state index < -0.39 is 16.8 Å². The van der Waals surface area contributed by atoms with Crippen LogP contribution >= 0.6 is 0 Å². The number of carbonyl (C=O) groups excluding carboxylic acids is 2. The number of rotatable bonds is 8. The Bertz CT molecular complexity index is 1570. The molecular formula is C31H29N3O7. The molecule has 0 radical (unpaired) electrons. The number of pyridine rings is 1. The minimum atomic E-state index is -0.559. The minimum absolute atomic E-state index is 0.170. The molecule has 3 aliphatic rings. The molecule has 4 atom stereocenters. The number of aromatic nitrogens is 1. The number of benzene rings is 1. The van der Waals surface area contributed by atoms with Crippen molar-refractivity contribution in [3.05, 3.63) is 99.3 Å². The van der Waals surface area contributed by atoms with Gasteiger partial charge < -0.3 is 14.3 Å². The van der Waals surface area contributed by atoms with Crippen molar-refractivity contribution in [3.63, 3.8) is 0 Å². The number of imide groups is 1. The summed E-state index contributed by atoms with van der Waals surface area (Å²) < 4.78 is 12.0. The number of carbonyl (C=O) groups is 2. The number of ether oxygens (including phenoxy) is 1. The summed E-state index contributed by atoms with van der Waals surface area (Å²) in [5, 5.41) is 20.7. The number of anilines is 1. The average molecular weight is 556 g/mol. The van der Waals surface area contributed by atoms with Gasteiger partial charge in [0.2, 0.25) is 11.8 Å². The quantitative estimate of drug-likeness (QED) is 0.179. The molecule has 0 spiro atoms. The molecule has 3 aromatic rings. The molecule has 10 nitrogen and oxygen atoms in total. The van der Waals surface area contributed by atoms with Gasteiger partial charge in [0, 0.05) is 24.2 Å². The van der Waals surface area contributed by atoms with E-state index in [0.717, 1.165) is 27.3 Å². The number of hydrogen-bond donors (Lipinski definition) is 1. The summed E-state index contributed by atoms with van der Waals surface area (Å²) in [5.74, 6) is -0.843. The van der Waals surface area contributed by atoms with E-state index in [4.69, 9.17) is 9.15 Å². The van der Waals surface area contributed by atoms with Crippen LogP contribution < -0.4 is 4.90 Å². The highest BCUT2D eigenvalue weighted by Gasteiger charge is 2.57. The van der Waals surface area contributed by atoms with Crippen molar-refractivity contribution < 1.29 is 28.8 Å². The van der Waals surface area contributed by atoms with Crippen molar-refractivity contribution in [2.45, 2.75) is 38.9 Å². The molecule has 2 amide bonds. The maximum Gasteiger partial charge on any atom is 0.271 e. The van der Waals surface area contributed by atoms with Gasteiger partial charge in [-0.05, 0) is 73.7 Å². The van der Waals surface area contributed by atoms with Crippen LogP contribution in [-0.2, 0) is 20.9 Å². The van der Waals surface area contributed by atoms with E-state index in [1.807, 2.05) is 31.2 Å². The summed E-state index contributed by atoms with van der Waals surface area (Å²) in [6.07, 6.45) is 5.16. The number of aliphatic hydroxyl groups excluding tert-OH is 1. The Morgan fingerprint density at radius 3 is 2.73 bits per heavy atom. The van der Waals surface area contributed by atoms with Gasteiger partial charge in [-0.3, -0.25) is 24.7 Å². The standard InChI is InChI=1S/C31H29N3O7/c1-18-13-24-29(31(37)33(30(24)36)20-5-4-6-21(15-20)34(38)39)25-17-40-27(28(18)25)11-8-19(26-7-2-3-12-32-26)14-22-9-10-23(16-35)41-22/h2-7,9-10,12,14-15,24-25,27,29,35H,8,11,13,16-17H2,1H3/b19-14-/t24-,25+,27-,29-/m1/s1. The zero-order valence-electron chi connectivity index (χ0n) is 22.4. The lowest BCUT2D eigenvalue weighted by atomic mass is 9.70. The van der Waals surface area contributed by atoms with E-state index in [0.29, 0.717) is 37.4 Å². The summed E-state index contributed by atoms with van der Waals surface area (Å²) in [7, 11) is 0. The Kier molecular flexibility index (Phi) is 7.10. The zero-order chi connectivity index (χ0) is 28.7. The van der Waals surface area contributed by atoms with Crippen LogP contribution in [0.3, 0.4) is 0 Å². The van der Waals surface area contributed by atoms with Crippen LogP contribution in [0.1, 0.15) is 43.4 Å². The summed E-state index contributed by atoms with van der Waals surface area (Å²) in [4.78, 5) is 43.5. The van der Waals surface area contributed by atoms with Gasteiger partial charge in [0.15, 0.2) is 0 Å². The van der Waals surface area contributed by atoms with Gasteiger partial charge in [0.05, 0.1) is 40.9 Å². The van der Waals surface area contributed by atoms with Crippen LogP contribution in [0.15, 0.2) is 76.4 Å². The van der Waals surface area contributed by atoms with Gasteiger partial charge in [-0.15, -0.1) is 0 Å². The third kappa shape index (κ3) is 4.89. The first-order valence-corrected chi connectivity index (χ1v) is 13.6. The number of amides is 2. The van der Waals surface area contributed by atoms with Gasteiger partial charge in [0.1, 0.15) is 18.1 Å². The predicted molar refractivity (Wildman–Crippen MR) is 149 cm³/mol. The highest BCUT2D eigenvalue weighted by molar-refractivity contribution is 6.22. The third-order valence-corrected chi connectivity index (χ3v) is 8.28. The second-order valence-electron chi connectivity index (χ2n) is 10.7. The number of nitro benzene ring substituents is 1. The molecule has 2 aromatic heterocycles. The molecule has 10 heteroatoms. The number of furan rings is 1. The topological polar surface area (TPSA) is 136 Å². The van der Waals surface area contributed by atoms with Crippen LogP contribution in [0.2, 0.25) is 0 Å². The fraction of sp³-hybridized carbons (Fsp3) is 0.323. The van der Waals surface area contributed by atoms with E-state index in [9.17, 15) is 24.8 Å². The maximum atomic E-state index is 13.7. The second kappa shape index (κ2) is 10.9. The lowest BCUT2D eigenvalue weighted by Gasteiger charge is -2.30. The number of aliphatic hydroxyl groups is 1. The summed E-state index contributed by atoms with van der Waals surface area (Å²) in [6.45, 7) is 2.16. The van der Waals surface area contributed by atoms with Crippen molar-refractivity contribution >= 4 is 34.8 Å². The predicted octanol–water partition coefficient (Wildman–Crippen LogP) is 4.94. The van der Waals surface area contributed by atoms with Gasteiger partial charge in [-0.25, -0.2) is 4.90 Å². The van der Waals surface area contributed by atoms with Crippen molar-refractivity contribution in [1.82, 2.24) is 4.98 Å². The normalized spacial score (nSPS) is 24.1. The smallest absolute Gasteiger partial charge is 0.271 e. The van der Waals surface area contributed by atoms with Crippen LogP contribution in [0.5, 0.6) is 0 Å². The van der Waals surface area contributed by atoms with Gasteiger partial charge in [0.25, 0.3) is 5.69 Å². The molecule has 0 saturated carbocycles. The third-order valence-electron chi connectivity index (χ3n) is 8.28. The molecule has 2 fully saturated rings. The number of nitrogens with zero attached hydrogens (tertiary/aromatic N) is 3. The number of allylic oxidation sites excluding steroid dienone is 2. The Labute approximate surface area is 236 Å². The Balaban J connectivity index is 1.24. The van der Waals surface area contributed by atoms with Crippen molar-refractivity contribution in [1.29, 1.82) is 0 Å². The SMILES string of the molecule is CC1=C2[C@@H](CC/C(=C/c3ccc(CO)o3)c3ccccn3)OC[C@@H]2[C@@H]2C(=O)N(c3cccc([N+](=O)[O-])c3)C(=O)[C@@H]2C1. The van der Waals surface area contributed by atoms with Crippen LogP contribution in [0, 0.1) is 27.9 Å². The number of hydrogen-bond acceptors (Lipinski definition) is 8. The largest absolute Gasteiger partial charge is 0.459 e. The highest BCUT2D eigenvalue weighted by Crippen LogP contribution is 2.50. The first-order valence-electron chi connectivity index (χ1n) is 13.6. The van der Waals surface area contributed by atoms with Crippen LogP contribution in [-0.4, -0.2) is 39.5 Å². The first kappa shape index (κ1) is 26.8. The molecule has 2 saturated heterocycles. The van der Waals surface area contributed by atoms with E-state index in [1.54, 1.807) is 24.4 Å². The minimum Gasteiger partial charge on any atom is -0.459 e. The van der Waals surface area contributed by atoms with Crippen molar-refractivity contribution in [2.24, 2.45) is 17.8 Å². The molecule has 1 aromatic carbocycles. The number of non-ortho nitro benzene ring substituents is 1. The molecule has 210 valence electrons. The fourth-order valence-electron chi connectivity index (χ4n) is 6.47. The Morgan fingerprint density at radius 1 is 1.15 bits per heavy atom. The Morgan fingerprint density at radius 2 is 2.00 bits per heavy atom. The van der Waals surface area contributed by atoms with Crippen LogP contribution in [0.4, 0.5) is 11.4 Å². The molecule has 0 bridgehead atoms. The molecule has 2 aliphatic heterocycles. The van der Waals surface area contributed by atoms with Gasteiger partial charge >= 0.3 is 0 Å². The lowest BCUT2D eigenvalue weighted by Crippen LogP contribution is -2.34. The van der Waals surface area contributed by atoms with E-state index in [2.05, 4.69) is 4.98 Å². The first-order chi connectivity index (χ1) is 19.9. The summed E-state index contributed by atoms with van der Waals surface area (Å²) >= 11 is 0. The zero-order valence-corrected chi connectivity index (χ0v) is 22.4. The molecule has 6 rings (SSSR count). The summed E-state index contributed by atoms with van der Waals surface area (Å²) in [5.41, 5.74) is 3.95. The fourth-order valence-corrected chi connectivity index (χ4v) is 6.47. The van der Waals surface area contributed by atoms with Crippen molar-refractivity contribution in [2.75, 3.05) is 11.5 Å². The average Bonchev–Trinajstić information content (AvgIpc) is 3.68. The Hall–Kier alpha value is -4.41. The monoisotopic (exact) mass is 555 g/mol. The maximum absolute atomic E-state index is 13.7. The van der Waals surface area contributed by atoms with Gasteiger partial charge in [-0.1, -0.05) is 17.7 Å². The highest BCUT2D eigenvalue weighted by atomic mass is 16.6. The summed E-state index contributed by atoms with van der Waals surface area (Å²) in [6, 6.07) is 14.9. The lowest BCUT2D eigenvalue weighted by molar-refractivity contribution is -0.384. The molecular weight excluding hydrogens is 526 g/mol. The van der Waals surface area contributed by atoms with E-state index >= 15 is 0 Å². The number of nitro groups is 1. The van der Waals surface area contributed by atoms with Crippen molar-refractivity contribution in [3.8, 4) is 0 Å². The van der Waals surface area contributed by atoms with E-state index in [-0.39, 0.29) is 41.8 Å². The second-order valence-corrected chi connectivity index (χ2v) is 10.7.